The molecule has 2 aliphatic carbocycles. The van der Waals surface area contributed by atoms with E-state index in [0.29, 0.717) is 12.5 Å². The monoisotopic (exact) mass is 519 g/mol. The summed E-state index contributed by atoms with van der Waals surface area (Å²) >= 11 is 0. The number of hydrogen-bond donors (Lipinski definition) is 0. The second-order valence-corrected chi connectivity index (χ2v) is 11.5. The van der Waals surface area contributed by atoms with E-state index in [1.165, 1.54) is 33.0 Å². The molecule has 2 heterocycles. The number of hydrogen-bond acceptors (Lipinski definition) is 3. The first-order valence-electron chi connectivity index (χ1n) is 14.5. The van der Waals surface area contributed by atoms with E-state index in [-0.39, 0.29) is 12.0 Å². The van der Waals surface area contributed by atoms with Gasteiger partial charge >= 0.3 is 0 Å². The third-order valence-corrected chi connectivity index (χ3v) is 9.24. The summed E-state index contributed by atoms with van der Waals surface area (Å²) in [6.07, 6.45) is 11.1. The molecule has 0 fully saturated rings. The van der Waals surface area contributed by atoms with Crippen LogP contribution < -0.4 is 0 Å². The van der Waals surface area contributed by atoms with Crippen molar-refractivity contribution in [2.75, 3.05) is 0 Å². The Bertz CT molecular complexity index is 1780. The third kappa shape index (κ3) is 3.71. The fourth-order valence-corrected chi connectivity index (χ4v) is 7.28. The minimum Gasteiger partial charge on any atom is -0.487 e. The molecule has 3 atom stereocenters. The summed E-state index contributed by atoms with van der Waals surface area (Å²) in [4.78, 5) is 10.4. The number of aliphatic imine (C=N–C) groups is 2. The Morgan fingerprint density at radius 2 is 1.82 bits per heavy atom. The highest BCUT2D eigenvalue weighted by Crippen LogP contribution is 2.48. The van der Waals surface area contributed by atoms with E-state index in [0.717, 1.165) is 59.5 Å². The van der Waals surface area contributed by atoms with E-state index >= 15 is 0 Å². The summed E-state index contributed by atoms with van der Waals surface area (Å²) in [5.41, 5.74) is 11.2. The van der Waals surface area contributed by atoms with Crippen molar-refractivity contribution in [2.24, 2.45) is 15.9 Å². The van der Waals surface area contributed by atoms with Crippen LogP contribution >= 0.6 is 0 Å². The number of nitrogens with zero attached hydrogens (tertiary/aromatic N) is 2. The van der Waals surface area contributed by atoms with Crippen LogP contribution in [0.1, 0.15) is 59.1 Å². The molecular weight excluding hydrogens is 488 g/mol. The van der Waals surface area contributed by atoms with E-state index in [1.54, 1.807) is 0 Å². The number of aryl methyl sites for hydroxylation is 2. The summed E-state index contributed by atoms with van der Waals surface area (Å²) in [6, 6.07) is 29.1. The summed E-state index contributed by atoms with van der Waals surface area (Å²) in [5.74, 6) is 1.58. The third-order valence-electron chi connectivity index (χ3n) is 9.24. The normalized spacial score (nSPS) is 22.4. The molecule has 195 valence electrons. The molecule has 0 saturated carbocycles. The molecule has 0 saturated heterocycles. The predicted molar refractivity (Wildman–Crippen MR) is 164 cm³/mol. The van der Waals surface area contributed by atoms with Crippen molar-refractivity contribution in [3.05, 3.63) is 124 Å². The van der Waals surface area contributed by atoms with Gasteiger partial charge in [0.1, 0.15) is 12.4 Å². The number of allylic oxidation sites excluding steroid dienone is 2. The number of rotatable bonds is 4. The van der Waals surface area contributed by atoms with Crippen molar-refractivity contribution < 1.29 is 4.74 Å². The number of dihydropyridines is 1. The van der Waals surface area contributed by atoms with Gasteiger partial charge in [0, 0.05) is 11.5 Å². The Hall–Kier alpha value is -4.24. The molecule has 40 heavy (non-hydrogen) atoms. The fourth-order valence-electron chi connectivity index (χ4n) is 7.28. The van der Waals surface area contributed by atoms with E-state index in [1.807, 2.05) is 36.5 Å². The van der Waals surface area contributed by atoms with Gasteiger partial charge in [-0.05, 0) is 82.3 Å². The maximum atomic E-state index is 6.42. The lowest BCUT2D eigenvalue weighted by molar-refractivity contribution is 0.220. The molecule has 3 unspecified atom stereocenters. The first-order valence-corrected chi connectivity index (χ1v) is 14.5. The van der Waals surface area contributed by atoms with Gasteiger partial charge in [-0.2, -0.15) is 0 Å². The lowest BCUT2D eigenvalue weighted by atomic mass is 9.69. The summed E-state index contributed by atoms with van der Waals surface area (Å²) in [5, 5.41) is 2.86. The Labute approximate surface area is 235 Å². The highest BCUT2D eigenvalue weighted by Gasteiger charge is 2.42. The van der Waals surface area contributed by atoms with Crippen molar-refractivity contribution in [1.29, 1.82) is 0 Å². The molecule has 0 N–H and O–H groups in total. The zero-order valence-electron chi connectivity index (χ0n) is 22.7. The van der Waals surface area contributed by atoms with Crippen LogP contribution in [0.3, 0.4) is 0 Å². The molecule has 0 amide bonds. The predicted octanol–water partition coefficient (Wildman–Crippen LogP) is 8.43. The molecule has 4 aliphatic rings. The molecule has 3 heteroatoms. The fraction of sp³-hybridized carbons (Fsp3) is 0.243. The van der Waals surface area contributed by atoms with Crippen LogP contribution in [0.2, 0.25) is 0 Å². The van der Waals surface area contributed by atoms with Crippen LogP contribution in [0.5, 0.6) is 0 Å². The number of ether oxygens (including phenoxy) is 1. The lowest BCUT2D eigenvalue weighted by Gasteiger charge is -2.37. The van der Waals surface area contributed by atoms with Crippen LogP contribution in [0, 0.1) is 12.0 Å². The first kappa shape index (κ1) is 23.6. The van der Waals surface area contributed by atoms with Gasteiger partial charge in [0.2, 0.25) is 0 Å². The highest BCUT2D eigenvalue weighted by molar-refractivity contribution is 6.35. The molecular formula is C37H31N2O. The molecule has 4 aromatic carbocycles. The maximum Gasteiger partial charge on any atom is 0.147 e. The highest BCUT2D eigenvalue weighted by atomic mass is 16.5. The molecule has 0 spiro atoms. The second-order valence-electron chi connectivity index (χ2n) is 11.5. The second kappa shape index (κ2) is 9.45. The summed E-state index contributed by atoms with van der Waals surface area (Å²) in [7, 11) is 0. The summed E-state index contributed by atoms with van der Waals surface area (Å²) < 4.78 is 6.42. The minimum atomic E-state index is -0.0430. The van der Waals surface area contributed by atoms with Crippen molar-refractivity contribution >= 4 is 40.0 Å². The van der Waals surface area contributed by atoms with Gasteiger partial charge in [0.05, 0.1) is 29.2 Å². The van der Waals surface area contributed by atoms with E-state index in [4.69, 9.17) is 14.7 Å². The molecule has 8 rings (SSSR count). The van der Waals surface area contributed by atoms with Crippen LogP contribution in [0.25, 0.3) is 22.4 Å². The van der Waals surface area contributed by atoms with Gasteiger partial charge in [-0.3, -0.25) is 4.99 Å². The Kier molecular flexibility index (Phi) is 5.58. The standard InChI is InChI=1S/C37H31N2O/c1-23-15-17-29-28-18-16-25-11-5-6-12-26(25)27(28)19-20-30(29)34(23)36-37-35(31-13-7-8-14-32(31)39-37)33(21-38-36)40-22-24-9-3-2-4-10-24/h2-5,7,9-11,13-14,16,18-21,23,34,36H,6,12,15,17,22H2,1H3. The molecule has 4 aromatic rings. The Balaban J connectivity index is 1.22. The van der Waals surface area contributed by atoms with E-state index in [2.05, 4.69) is 67.6 Å². The van der Waals surface area contributed by atoms with Gasteiger partial charge in [0.25, 0.3) is 0 Å². The van der Waals surface area contributed by atoms with Gasteiger partial charge in [-0.25, -0.2) is 4.99 Å². The van der Waals surface area contributed by atoms with Crippen molar-refractivity contribution in [3.8, 4) is 0 Å². The minimum absolute atomic E-state index is 0.0430. The van der Waals surface area contributed by atoms with Crippen molar-refractivity contribution in [1.82, 2.24) is 0 Å². The van der Waals surface area contributed by atoms with Gasteiger partial charge < -0.3 is 4.74 Å². The molecule has 0 bridgehead atoms. The van der Waals surface area contributed by atoms with Gasteiger partial charge in [0.15, 0.2) is 0 Å². The molecule has 3 nitrogen and oxygen atoms in total. The SMILES string of the molecule is CC1CCc2c(ccc3c4c(ccc23)C=CCC4)C1C1N=CC(OCc2ccccc2)=C2C1=Nc1c[c]ccc12. The molecule has 1 radical (unpaired) electrons. The summed E-state index contributed by atoms with van der Waals surface area (Å²) in [6.45, 7) is 2.90. The largest absolute Gasteiger partial charge is 0.487 e. The zero-order valence-corrected chi connectivity index (χ0v) is 22.7. The molecule has 2 aliphatic heterocycles. The average molecular weight is 520 g/mol. The number of benzene rings is 4. The van der Waals surface area contributed by atoms with Crippen LogP contribution in [-0.2, 0) is 24.2 Å². The Morgan fingerprint density at radius 1 is 0.950 bits per heavy atom. The van der Waals surface area contributed by atoms with Crippen LogP contribution in [0.15, 0.2) is 94.6 Å². The topological polar surface area (TPSA) is 34.0 Å². The Morgan fingerprint density at radius 3 is 2.75 bits per heavy atom. The van der Waals surface area contributed by atoms with Crippen LogP contribution in [-0.4, -0.2) is 18.0 Å². The van der Waals surface area contributed by atoms with Gasteiger partial charge in [-0.15, -0.1) is 0 Å². The maximum absolute atomic E-state index is 6.42. The van der Waals surface area contributed by atoms with E-state index in [9.17, 15) is 0 Å². The average Bonchev–Trinajstić information content (AvgIpc) is 3.40. The van der Waals surface area contributed by atoms with Crippen molar-refractivity contribution in [3.63, 3.8) is 0 Å². The van der Waals surface area contributed by atoms with Crippen molar-refractivity contribution in [2.45, 2.75) is 51.2 Å². The molecule has 0 aromatic heterocycles. The quantitative estimate of drug-likeness (QED) is 0.266. The van der Waals surface area contributed by atoms with Crippen LogP contribution in [0.4, 0.5) is 5.69 Å². The first-order chi connectivity index (χ1) is 19.8. The van der Waals surface area contributed by atoms with Gasteiger partial charge in [-0.1, -0.05) is 85.8 Å². The lowest BCUT2D eigenvalue weighted by Crippen LogP contribution is -2.36. The smallest absolute Gasteiger partial charge is 0.147 e. The van der Waals surface area contributed by atoms with E-state index < -0.39 is 0 Å². The zero-order chi connectivity index (χ0) is 26.6. The number of fused-ring (bicyclic) bond motifs is 8.